The number of methoxy groups -OCH3 is 1. The van der Waals surface area contributed by atoms with Crippen molar-refractivity contribution in [3.8, 4) is 11.8 Å². The van der Waals surface area contributed by atoms with Gasteiger partial charge in [-0.25, -0.2) is 4.79 Å². The molecule has 1 heterocycles. The van der Waals surface area contributed by atoms with Crippen molar-refractivity contribution in [3.05, 3.63) is 71.4 Å². The van der Waals surface area contributed by atoms with Crippen molar-refractivity contribution in [1.82, 2.24) is 10.3 Å². The third-order valence-electron chi connectivity index (χ3n) is 4.50. The lowest BCUT2D eigenvalue weighted by Crippen LogP contribution is -2.26. The van der Waals surface area contributed by atoms with Gasteiger partial charge in [0.2, 0.25) is 0 Å². The van der Waals surface area contributed by atoms with Crippen LogP contribution in [0.15, 0.2) is 60.3 Å². The van der Waals surface area contributed by atoms with Gasteiger partial charge in [0.1, 0.15) is 17.4 Å². The molecule has 2 aromatic carbocycles. The van der Waals surface area contributed by atoms with E-state index in [1.54, 1.807) is 24.3 Å². The van der Waals surface area contributed by atoms with Crippen molar-refractivity contribution in [2.45, 2.75) is 6.42 Å². The standard InChI is InChI=1S/C23H21N3O4/c1-29-22(27)15-30-19-8-6-16(7-9-19)12-18(13-24)23(28)25-11-10-17-14-26-21-5-3-2-4-20(17)21/h2-9,12,14,26H,10-11,15H2,1H3,(H,25,28)/b18-12+. The molecule has 30 heavy (non-hydrogen) atoms. The van der Waals surface area contributed by atoms with Gasteiger partial charge in [0.25, 0.3) is 5.91 Å². The van der Waals surface area contributed by atoms with Crippen molar-refractivity contribution >= 4 is 28.9 Å². The van der Waals surface area contributed by atoms with Crippen molar-refractivity contribution < 1.29 is 19.1 Å². The number of benzene rings is 2. The van der Waals surface area contributed by atoms with Gasteiger partial charge in [-0.15, -0.1) is 0 Å². The molecule has 1 amide bonds. The highest BCUT2D eigenvalue weighted by atomic mass is 16.6. The molecular weight excluding hydrogens is 382 g/mol. The average molecular weight is 403 g/mol. The Balaban J connectivity index is 1.56. The van der Waals surface area contributed by atoms with E-state index < -0.39 is 11.9 Å². The normalized spacial score (nSPS) is 11.0. The molecule has 0 saturated heterocycles. The zero-order valence-corrected chi connectivity index (χ0v) is 16.5. The molecule has 0 atom stereocenters. The number of H-pyrrole nitrogens is 1. The number of aromatic nitrogens is 1. The molecule has 0 aliphatic carbocycles. The first-order valence-electron chi connectivity index (χ1n) is 9.35. The third-order valence-corrected chi connectivity index (χ3v) is 4.50. The largest absolute Gasteiger partial charge is 0.482 e. The van der Waals surface area contributed by atoms with Crippen LogP contribution >= 0.6 is 0 Å². The number of nitrogens with zero attached hydrogens (tertiary/aromatic N) is 1. The summed E-state index contributed by atoms with van der Waals surface area (Å²) < 4.78 is 9.78. The number of aromatic amines is 1. The molecule has 0 aliphatic heterocycles. The summed E-state index contributed by atoms with van der Waals surface area (Å²) in [5, 5.41) is 13.3. The van der Waals surface area contributed by atoms with Crippen LogP contribution in [0.5, 0.6) is 5.75 Å². The van der Waals surface area contributed by atoms with Crippen LogP contribution in [0.3, 0.4) is 0 Å². The van der Waals surface area contributed by atoms with Gasteiger partial charge in [-0.1, -0.05) is 30.3 Å². The summed E-state index contributed by atoms with van der Waals surface area (Å²) in [6, 6.07) is 16.6. The summed E-state index contributed by atoms with van der Waals surface area (Å²) in [6.07, 6.45) is 4.09. The second-order valence-corrected chi connectivity index (χ2v) is 6.47. The molecule has 0 aliphatic rings. The Kier molecular flexibility index (Phi) is 6.85. The maximum atomic E-state index is 12.4. The van der Waals surface area contributed by atoms with E-state index in [1.165, 1.54) is 13.2 Å². The second kappa shape index (κ2) is 9.94. The summed E-state index contributed by atoms with van der Waals surface area (Å²) in [7, 11) is 1.29. The molecule has 0 saturated carbocycles. The SMILES string of the molecule is COC(=O)COc1ccc(/C=C(\C#N)C(=O)NCCc2c[nH]c3ccccc23)cc1. The van der Waals surface area contributed by atoms with E-state index in [0.29, 0.717) is 24.3 Å². The predicted molar refractivity (Wildman–Crippen MR) is 113 cm³/mol. The van der Waals surface area contributed by atoms with Crippen LogP contribution in [0.2, 0.25) is 0 Å². The van der Waals surface area contributed by atoms with Gasteiger partial charge in [0.15, 0.2) is 6.61 Å². The van der Waals surface area contributed by atoms with E-state index in [1.807, 2.05) is 36.5 Å². The smallest absolute Gasteiger partial charge is 0.343 e. The molecule has 2 N–H and O–H groups in total. The van der Waals surface area contributed by atoms with Crippen LogP contribution in [0.25, 0.3) is 17.0 Å². The monoisotopic (exact) mass is 403 g/mol. The van der Waals surface area contributed by atoms with Gasteiger partial charge in [0.05, 0.1) is 7.11 Å². The zero-order chi connectivity index (χ0) is 21.3. The maximum absolute atomic E-state index is 12.4. The Bertz CT molecular complexity index is 1110. The average Bonchev–Trinajstić information content (AvgIpc) is 3.19. The fraction of sp³-hybridized carbons (Fsp3) is 0.174. The molecule has 3 aromatic rings. The summed E-state index contributed by atoms with van der Waals surface area (Å²) >= 11 is 0. The topological polar surface area (TPSA) is 104 Å². The molecule has 1 aromatic heterocycles. The summed E-state index contributed by atoms with van der Waals surface area (Å²) in [4.78, 5) is 26.7. The fourth-order valence-electron chi connectivity index (χ4n) is 2.92. The number of ether oxygens (including phenoxy) is 2. The van der Waals surface area contributed by atoms with Gasteiger partial charge < -0.3 is 19.8 Å². The number of hydrogen-bond donors (Lipinski definition) is 2. The highest BCUT2D eigenvalue weighted by Gasteiger charge is 2.10. The lowest BCUT2D eigenvalue weighted by atomic mass is 10.1. The molecule has 7 heteroatoms. The zero-order valence-electron chi connectivity index (χ0n) is 16.5. The van der Waals surface area contributed by atoms with Crippen LogP contribution in [-0.2, 0) is 20.7 Å². The first kappa shape index (κ1) is 20.7. The van der Waals surface area contributed by atoms with Gasteiger partial charge >= 0.3 is 5.97 Å². The van der Waals surface area contributed by atoms with Crippen LogP contribution in [0.4, 0.5) is 0 Å². The highest BCUT2D eigenvalue weighted by molar-refractivity contribution is 6.01. The van der Waals surface area contributed by atoms with Crippen molar-refractivity contribution in [1.29, 1.82) is 5.26 Å². The third kappa shape index (κ3) is 5.26. The number of carbonyl (C=O) groups excluding carboxylic acids is 2. The number of esters is 1. The summed E-state index contributed by atoms with van der Waals surface area (Å²) in [6.45, 7) is 0.230. The van der Waals surface area contributed by atoms with E-state index in [-0.39, 0.29) is 12.2 Å². The first-order chi connectivity index (χ1) is 14.6. The minimum absolute atomic E-state index is 0.0113. The number of fused-ring (bicyclic) bond motifs is 1. The highest BCUT2D eigenvalue weighted by Crippen LogP contribution is 2.18. The molecule has 0 radical (unpaired) electrons. The first-order valence-corrected chi connectivity index (χ1v) is 9.35. The van der Waals surface area contributed by atoms with Crippen LogP contribution in [-0.4, -0.2) is 37.1 Å². The number of nitriles is 1. The van der Waals surface area contributed by atoms with E-state index in [0.717, 1.165) is 16.5 Å². The Morgan fingerprint density at radius 2 is 1.93 bits per heavy atom. The van der Waals surface area contributed by atoms with Crippen molar-refractivity contribution in [3.63, 3.8) is 0 Å². The van der Waals surface area contributed by atoms with Crippen LogP contribution < -0.4 is 10.1 Å². The Hall–Kier alpha value is -4.05. The molecule has 152 valence electrons. The predicted octanol–water partition coefficient (Wildman–Crippen LogP) is 2.99. The molecule has 0 fully saturated rings. The van der Waals surface area contributed by atoms with Crippen molar-refractivity contribution in [2.24, 2.45) is 0 Å². The molecule has 0 spiro atoms. The van der Waals surface area contributed by atoms with E-state index in [4.69, 9.17) is 4.74 Å². The van der Waals surface area contributed by atoms with Crippen LogP contribution in [0, 0.1) is 11.3 Å². The number of rotatable bonds is 8. The Morgan fingerprint density at radius 1 is 1.17 bits per heavy atom. The lowest BCUT2D eigenvalue weighted by Gasteiger charge is -2.06. The number of hydrogen-bond acceptors (Lipinski definition) is 5. The minimum atomic E-state index is -0.477. The fourth-order valence-corrected chi connectivity index (χ4v) is 2.92. The minimum Gasteiger partial charge on any atom is -0.482 e. The molecule has 3 rings (SSSR count). The second-order valence-electron chi connectivity index (χ2n) is 6.47. The van der Waals surface area contributed by atoms with E-state index in [9.17, 15) is 14.9 Å². The van der Waals surface area contributed by atoms with E-state index in [2.05, 4.69) is 15.0 Å². The summed E-state index contributed by atoms with van der Waals surface area (Å²) in [5.41, 5.74) is 2.84. The molecular formula is C23H21N3O4. The van der Waals surface area contributed by atoms with Crippen LogP contribution in [0.1, 0.15) is 11.1 Å². The van der Waals surface area contributed by atoms with Gasteiger partial charge in [0, 0.05) is 23.6 Å². The van der Waals surface area contributed by atoms with E-state index >= 15 is 0 Å². The lowest BCUT2D eigenvalue weighted by molar-refractivity contribution is -0.142. The molecule has 7 nitrogen and oxygen atoms in total. The van der Waals surface area contributed by atoms with Crippen molar-refractivity contribution in [2.75, 3.05) is 20.3 Å². The molecule has 0 bridgehead atoms. The van der Waals surface area contributed by atoms with Gasteiger partial charge in [-0.3, -0.25) is 4.79 Å². The Labute approximate surface area is 173 Å². The van der Waals surface area contributed by atoms with Gasteiger partial charge in [-0.05, 0) is 41.8 Å². The number of carbonyl (C=O) groups is 2. The number of nitrogens with one attached hydrogen (secondary N) is 2. The molecule has 0 unspecified atom stereocenters. The Morgan fingerprint density at radius 3 is 2.67 bits per heavy atom. The number of para-hydroxylation sites is 1. The maximum Gasteiger partial charge on any atom is 0.343 e. The quantitative estimate of drug-likeness (QED) is 0.342. The summed E-state index contributed by atoms with van der Waals surface area (Å²) in [5.74, 6) is -0.419. The van der Waals surface area contributed by atoms with Gasteiger partial charge in [-0.2, -0.15) is 5.26 Å². The number of amides is 1.